The largest absolute Gasteiger partial charge is 0.349 e. The van der Waals surface area contributed by atoms with Crippen LogP contribution in [-0.4, -0.2) is 17.1 Å². The zero-order chi connectivity index (χ0) is 14.7. The molecule has 0 bridgehead atoms. The van der Waals surface area contributed by atoms with Gasteiger partial charge in [0.05, 0.1) is 6.54 Å². The zero-order valence-electron chi connectivity index (χ0n) is 12.7. The summed E-state index contributed by atoms with van der Waals surface area (Å²) in [5.74, 6) is 1.08. The molecule has 0 saturated heterocycles. The molecule has 0 aromatic carbocycles. The lowest BCUT2D eigenvalue weighted by Crippen LogP contribution is -2.30. The minimum absolute atomic E-state index is 0.436. The summed E-state index contributed by atoms with van der Waals surface area (Å²) >= 11 is 1.81. The average Bonchev–Trinajstić information content (AvgIpc) is 3.17. The molecule has 2 heterocycles. The molecule has 2 aromatic heterocycles. The fourth-order valence-corrected chi connectivity index (χ4v) is 3.08. The van der Waals surface area contributed by atoms with Crippen LogP contribution < -0.4 is 10.2 Å². The average molecular weight is 301 g/mol. The van der Waals surface area contributed by atoms with E-state index in [9.17, 15) is 0 Å². The maximum Gasteiger partial charge on any atom is 0.129 e. The van der Waals surface area contributed by atoms with Crippen molar-refractivity contribution in [3.8, 4) is 0 Å². The van der Waals surface area contributed by atoms with Crippen molar-refractivity contribution in [2.75, 3.05) is 4.90 Å². The van der Waals surface area contributed by atoms with Crippen LogP contribution in [0.1, 0.15) is 37.1 Å². The molecule has 0 unspecified atom stereocenters. The molecule has 0 spiro atoms. The number of nitrogens with one attached hydrogen (secondary N) is 1. The van der Waals surface area contributed by atoms with Crippen molar-refractivity contribution in [1.82, 2.24) is 10.3 Å². The minimum Gasteiger partial charge on any atom is -0.349 e. The Morgan fingerprint density at radius 2 is 2.24 bits per heavy atom. The molecule has 2 aromatic rings. The Bertz CT molecular complexity index is 561. The number of hydrogen-bond donors (Lipinski definition) is 1. The number of thiophene rings is 1. The molecular formula is C17H23N3S. The molecule has 112 valence electrons. The highest BCUT2D eigenvalue weighted by Crippen LogP contribution is 2.22. The molecule has 4 heteroatoms. The van der Waals surface area contributed by atoms with Gasteiger partial charge in [0.1, 0.15) is 5.82 Å². The third-order valence-electron chi connectivity index (χ3n) is 3.81. The lowest BCUT2D eigenvalue weighted by atomic mass is 10.2. The summed E-state index contributed by atoms with van der Waals surface area (Å²) in [6, 6.07) is 9.83. The predicted octanol–water partition coefficient (Wildman–Crippen LogP) is 3.81. The molecule has 1 N–H and O–H groups in total. The number of nitrogens with zero attached hydrogens (tertiary/aromatic N) is 2. The van der Waals surface area contributed by atoms with E-state index < -0.39 is 0 Å². The predicted molar refractivity (Wildman–Crippen MR) is 89.7 cm³/mol. The Kier molecular flexibility index (Phi) is 4.56. The molecule has 1 aliphatic rings. The van der Waals surface area contributed by atoms with Gasteiger partial charge < -0.3 is 10.2 Å². The van der Waals surface area contributed by atoms with E-state index >= 15 is 0 Å². The van der Waals surface area contributed by atoms with Gasteiger partial charge in [-0.05, 0) is 55.8 Å². The first kappa shape index (κ1) is 14.5. The number of anilines is 1. The quantitative estimate of drug-likeness (QED) is 0.843. The molecule has 1 saturated carbocycles. The Morgan fingerprint density at radius 1 is 1.38 bits per heavy atom. The van der Waals surface area contributed by atoms with Crippen molar-refractivity contribution in [3.63, 3.8) is 0 Å². The van der Waals surface area contributed by atoms with Gasteiger partial charge in [0.15, 0.2) is 0 Å². The van der Waals surface area contributed by atoms with Crippen molar-refractivity contribution in [2.24, 2.45) is 0 Å². The highest BCUT2D eigenvalue weighted by molar-refractivity contribution is 7.09. The van der Waals surface area contributed by atoms with Gasteiger partial charge in [-0.25, -0.2) is 4.98 Å². The van der Waals surface area contributed by atoms with Gasteiger partial charge in [-0.3, -0.25) is 0 Å². The summed E-state index contributed by atoms with van der Waals surface area (Å²) in [7, 11) is 0. The SMILES string of the molecule is CC(C)N(Cc1cccs1)c1cc(CNC2CC2)ccn1. The molecule has 0 radical (unpaired) electrons. The summed E-state index contributed by atoms with van der Waals surface area (Å²) < 4.78 is 0. The number of hydrogen-bond acceptors (Lipinski definition) is 4. The summed E-state index contributed by atoms with van der Waals surface area (Å²) in [6.07, 6.45) is 4.59. The van der Waals surface area contributed by atoms with Crippen LogP contribution in [0.4, 0.5) is 5.82 Å². The lowest BCUT2D eigenvalue weighted by molar-refractivity contribution is 0.668. The number of pyridine rings is 1. The second-order valence-corrected chi connectivity index (χ2v) is 7.01. The molecule has 0 atom stereocenters. The maximum absolute atomic E-state index is 4.59. The van der Waals surface area contributed by atoms with Crippen LogP contribution in [-0.2, 0) is 13.1 Å². The third-order valence-corrected chi connectivity index (χ3v) is 4.67. The van der Waals surface area contributed by atoms with Gasteiger partial charge in [-0.1, -0.05) is 6.07 Å². The van der Waals surface area contributed by atoms with Crippen molar-refractivity contribution < 1.29 is 0 Å². The second kappa shape index (κ2) is 6.58. The molecule has 0 amide bonds. The van der Waals surface area contributed by atoms with Crippen LogP contribution >= 0.6 is 11.3 Å². The Hall–Kier alpha value is -1.39. The van der Waals surface area contributed by atoms with E-state index in [0.29, 0.717) is 6.04 Å². The van der Waals surface area contributed by atoms with Crippen molar-refractivity contribution in [1.29, 1.82) is 0 Å². The van der Waals surface area contributed by atoms with Crippen molar-refractivity contribution in [3.05, 3.63) is 46.3 Å². The van der Waals surface area contributed by atoms with E-state index in [4.69, 9.17) is 0 Å². The Labute approximate surface area is 131 Å². The van der Waals surface area contributed by atoms with Crippen LogP contribution in [0.3, 0.4) is 0 Å². The van der Waals surface area contributed by atoms with Crippen LogP contribution in [0.5, 0.6) is 0 Å². The van der Waals surface area contributed by atoms with Gasteiger partial charge in [0.2, 0.25) is 0 Å². The second-order valence-electron chi connectivity index (χ2n) is 5.98. The van der Waals surface area contributed by atoms with Gasteiger partial charge >= 0.3 is 0 Å². The van der Waals surface area contributed by atoms with E-state index in [0.717, 1.165) is 24.9 Å². The molecule has 1 fully saturated rings. The Balaban J connectivity index is 1.72. The van der Waals surface area contributed by atoms with Gasteiger partial charge in [-0.15, -0.1) is 11.3 Å². The zero-order valence-corrected chi connectivity index (χ0v) is 13.6. The van der Waals surface area contributed by atoms with Crippen LogP contribution in [0.15, 0.2) is 35.8 Å². The molecular weight excluding hydrogens is 278 g/mol. The monoisotopic (exact) mass is 301 g/mol. The summed E-state index contributed by atoms with van der Waals surface area (Å²) in [5, 5.41) is 5.71. The van der Waals surface area contributed by atoms with E-state index in [-0.39, 0.29) is 0 Å². The highest BCUT2D eigenvalue weighted by Gasteiger charge is 2.20. The molecule has 21 heavy (non-hydrogen) atoms. The highest BCUT2D eigenvalue weighted by atomic mass is 32.1. The smallest absolute Gasteiger partial charge is 0.129 e. The van der Waals surface area contributed by atoms with E-state index in [1.54, 1.807) is 0 Å². The van der Waals surface area contributed by atoms with E-state index in [1.165, 1.54) is 23.3 Å². The maximum atomic E-state index is 4.59. The molecule has 3 rings (SSSR count). The Morgan fingerprint density at radius 3 is 2.90 bits per heavy atom. The topological polar surface area (TPSA) is 28.2 Å². The first-order chi connectivity index (χ1) is 10.2. The van der Waals surface area contributed by atoms with E-state index in [1.807, 2.05) is 17.5 Å². The van der Waals surface area contributed by atoms with E-state index in [2.05, 4.69) is 58.7 Å². The molecule has 3 nitrogen and oxygen atoms in total. The van der Waals surface area contributed by atoms with Crippen LogP contribution in [0.2, 0.25) is 0 Å². The lowest BCUT2D eigenvalue weighted by Gasteiger charge is -2.27. The van der Waals surface area contributed by atoms with Gasteiger partial charge in [-0.2, -0.15) is 0 Å². The molecule has 1 aliphatic carbocycles. The first-order valence-corrected chi connectivity index (χ1v) is 8.57. The minimum atomic E-state index is 0.436. The van der Waals surface area contributed by atoms with Gasteiger partial charge in [0, 0.05) is 29.7 Å². The fraction of sp³-hybridized carbons (Fsp3) is 0.471. The van der Waals surface area contributed by atoms with Crippen molar-refractivity contribution >= 4 is 17.2 Å². The van der Waals surface area contributed by atoms with Gasteiger partial charge in [0.25, 0.3) is 0 Å². The first-order valence-electron chi connectivity index (χ1n) is 7.69. The standard InChI is InChI=1S/C17H23N3S/c1-13(2)20(12-16-4-3-9-21-16)17-10-14(7-8-18-17)11-19-15-5-6-15/h3-4,7-10,13,15,19H,5-6,11-12H2,1-2H3. The summed E-state index contributed by atoms with van der Waals surface area (Å²) in [5.41, 5.74) is 1.32. The third kappa shape index (κ3) is 4.05. The summed E-state index contributed by atoms with van der Waals surface area (Å²) in [6.45, 7) is 6.34. The number of aromatic nitrogens is 1. The summed E-state index contributed by atoms with van der Waals surface area (Å²) in [4.78, 5) is 8.34. The normalized spacial score (nSPS) is 14.6. The molecule has 0 aliphatic heterocycles. The van der Waals surface area contributed by atoms with Crippen LogP contribution in [0.25, 0.3) is 0 Å². The fourth-order valence-electron chi connectivity index (χ4n) is 2.38. The number of rotatable bonds is 7. The van der Waals surface area contributed by atoms with Crippen LogP contribution in [0, 0.1) is 0 Å². The van der Waals surface area contributed by atoms with Crippen molar-refractivity contribution in [2.45, 2.75) is 51.9 Å².